The first kappa shape index (κ1) is 42.2. The summed E-state index contributed by atoms with van der Waals surface area (Å²) >= 11 is 0. The van der Waals surface area contributed by atoms with Crippen LogP contribution in [0.5, 0.6) is 0 Å². The monoisotopic (exact) mass is 838 g/mol. The Morgan fingerprint density at radius 1 is 0.583 bits per heavy atom. The molecule has 308 valence electrons. The van der Waals surface area contributed by atoms with Crippen LogP contribution in [0.25, 0.3) is 12.2 Å². The smallest absolute Gasteiger partial charge is 0.244 e. The van der Waals surface area contributed by atoms with Crippen LogP contribution in [0.2, 0.25) is 0 Å². The number of hydrogen-bond donors (Lipinski definition) is 2. The molecule has 0 spiro atoms. The molecule has 6 aromatic rings. The SMILES string of the molecule is C[C@@H](NC(=O)/C=C/c1nn(Cc2ccccc2)c2c1CS(=O)CC2)c1ccccc1.C[C@H](NC(=O)/C=C/c1nn(Cc2ccccc2)c2c1CS(=O)CC2)c1ccccc1. The fraction of sp³-hybridized carbons (Fsp3) is 0.250. The zero-order valence-corrected chi connectivity index (χ0v) is 35.5. The minimum Gasteiger partial charge on any atom is -0.346 e. The third kappa shape index (κ3) is 11.2. The molecule has 0 bridgehead atoms. The van der Waals surface area contributed by atoms with Crippen LogP contribution in [0.4, 0.5) is 0 Å². The average molecular weight is 839 g/mol. The van der Waals surface area contributed by atoms with Crippen LogP contribution < -0.4 is 10.6 Å². The summed E-state index contributed by atoms with van der Waals surface area (Å²) in [5.41, 5.74) is 10.1. The summed E-state index contributed by atoms with van der Waals surface area (Å²) in [4.78, 5) is 24.9. The van der Waals surface area contributed by atoms with Crippen molar-refractivity contribution >= 4 is 45.6 Å². The van der Waals surface area contributed by atoms with Crippen molar-refractivity contribution in [2.75, 3.05) is 11.5 Å². The fourth-order valence-electron chi connectivity index (χ4n) is 7.39. The third-order valence-electron chi connectivity index (χ3n) is 10.6. The van der Waals surface area contributed by atoms with Crippen LogP contribution >= 0.6 is 0 Å². The van der Waals surface area contributed by atoms with Crippen molar-refractivity contribution in [1.82, 2.24) is 30.2 Å². The van der Waals surface area contributed by atoms with Crippen LogP contribution in [0, 0.1) is 0 Å². The average Bonchev–Trinajstić information content (AvgIpc) is 3.79. The molecule has 0 saturated heterocycles. The largest absolute Gasteiger partial charge is 0.346 e. The van der Waals surface area contributed by atoms with Gasteiger partial charge in [0, 0.05) is 80.6 Å². The molecule has 4 atom stereocenters. The minimum absolute atomic E-state index is 0.0830. The van der Waals surface area contributed by atoms with E-state index in [0.717, 1.165) is 57.9 Å². The lowest BCUT2D eigenvalue weighted by molar-refractivity contribution is -0.117. The van der Waals surface area contributed by atoms with Gasteiger partial charge in [0.05, 0.1) is 48.1 Å². The van der Waals surface area contributed by atoms with E-state index >= 15 is 0 Å². The number of aromatic nitrogens is 4. The Morgan fingerprint density at radius 3 is 1.30 bits per heavy atom. The van der Waals surface area contributed by atoms with E-state index in [4.69, 9.17) is 10.2 Å². The number of carbonyl (C=O) groups excluding carboxylic acids is 2. The van der Waals surface area contributed by atoms with Gasteiger partial charge in [-0.3, -0.25) is 27.4 Å². The Kier molecular flexibility index (Phi) is 14.3. The summed E-state index contributed by atoms with van der Waals surface area (Å²) in [6.07, 6.45) is 8.02. The lowest BCUT2D eigenvalue weighted by atomic mass is 10.1. The maximum atomic E-state index is 12.4. The quantitative estimate of drug-likeness (QED) is 0.125. The van der Waals surface area contributed by atoms with Gasteiger partial charge in [-0.15, -0.1) is 0 Å². The van der Waals surface area contributed by atoms with Gasteiger partial charge < -0.3 is 10.6 Å². The number of nitrogens with zero attached hydrogens (tertiary/aromatic N) is 4. The first-order chi connectivity index (χ1) is 29.2. The number of rotatable bonds is 12. The molecule has 2 N–H and O–H groups in total. The molecule has 2 aliphatic rings. The summed E-state index contributed by atoms with van der Waals surface area (Å²) in [7, 11) is -1.76. The molecule has 0 radical (unpaired) electrons. The highest BCUT2D eigenvalue weighted by molar-refractivity contribution is 7.84. The lowest BCUT2D eigenvalue weighted by Crippen LogP contribution is -2.24. The number of benzene rings is 4. The summed E-state index contributed by atoms with van der Waals surface area (Å²) in [5, 5.41) is 15.5. The van der Waals surface area contributed by atoms with Crippen LogP contribution in [-0.2, 0) is 68.6 Å². The zero-order valence-electron chi connectivity index (χ0n) is 33.9. The molecule has 2 aromatic heterocycles. The van der Waals surface area contributed by atoms with Gasteiger partial charge in [0.25, 0.3) is 0 Å². The van der Waals surface area contributed by atoms with Gasteiger partial charge in [0.15, 0.2) is 0 Å². The second-order valence-corrected chi connectivity index (χ2v) is 18.1. The molecule has 2 unspecified atom stereocenters. The van der Waals surface area contributed by atoms with Crippen molar-refractivity contribution in [1.29, 1.82) is 0 Å². The maximum Gasteiger partial charge on any atom is 0.244 e. The lowest BCUT2D eigenvalue weighted by Gasteiger charge is -2.14. The molecule has 60 heavy (non-hydrogen) atoms. The summed E-state index contributed by atoms with van der Waals surface area (Å²) in [5.74, 6) is 1.96. The van der Waals surface area contributed by atoms with Gasteiger partial charge in [-0.05, 0) is 48.3 Å². The summed E-state index contributed by atoms with van der Waals surface area (Å²) in [6.45, 7) is 5.25. The Labute approximate surface area is 356 Å². The molecule has 12 heteroatoms. The molecule has 2 amide bonds. The van der Waals surface area contributed by atoms with E-state index in [1.165, 1.54) is 23.3 Å². The Morgan fingerprint density at radius 2 is 0.933 bits per heavy atom. The van der Waals surface area contributed by atoms with Crippen LogP contribution in [0.15, 0.2) is 133 Å². The number of amides is 2. The molecule has 0 aliphatic carbocycles. The van der Waals surface area contributed by atoms with Crippen LogP contribution in [0.3, 0.4) is 0 Å². The highest BCUT2D eigenvalue weighted by atomic mass is 32.2. The molecule has 8 rings (SSSR count). The molecule has 10 nitrogen and oxygen atoms in total. The van der Waals surface area contributed by atoms with Crippen LogP contribution in [0.1, 0.15) is 82.1 Å². The molecule has 0 saturated carbocycles. The predicted octanol–water partition coefficient (Wildman–Crippen LogP) is 7.25. The Bertz CT molecular complexity index is 2320. The first-order valence-electron chi connectivity index (χ1n) is 20.2. The van der Waals surface area contributed by atoms with Gasteiger partial charge in [0.2, 0.25) is 11.8 Å². The second kappa shape index (κ2) is 20.3. The van der Waals surface area contributed by atoms with E-state index in [1.807, 2.05) is 120 Å². The van der Waals surface area contributed by atoms with E-state index in [1.54, 1.807) is 12.2 Å². The third-order valence-corrected chi connectivity index (χ3v) is 13.1. The maximum absolute atomic E-state index is 12.4. The van der Waals surface area contributed by atoms with Crippen molar-refractivity contribution < 1.29 is 18.0 Å². The number of hydrogen-bond acceptors (Lipinski definition) is 6. The van der Waals surface area contributed by atoms with E-state index < -0.39 is 21.6 Å². The molecule has 2 aliphatic heterocycles. The molecule has 4 heterocycles. The summed E-state index contributed by atoms with van der Waals surface area (Å²) in [6, 6.07) is 39.9. The molecular formula is C48H50N6O4S2. The first-order valence-corrected chi connectivity index (χ1v) is 23.2. The highest BCUT2D eigenvalue weighted by Gasteiger charge is 2.25. The number of carbonyl (C=O) groups is 2. The minimum atomic E-state index is -0.881. The van der Waals surface area contributed by atoms with Gasteiger partial charge in [-0.2, -0.15) is 10.2 Å². The predicted molar refractivity (Wildman–Crippen MR) is 240 cm³/mol. The van der Waals surface area contributed by atoms with E-state index in [-0.39, 0.29) is 23.9 Å². The van der Waals surface area contributed by atoms with Crippen molar-refractivity contribution in [2.45, 2.75) is 63.4 Å². The van der Waals surface area contributed by atoms with E-state index in [0.29, 0.717) is 36.1 Å². The fourth-order valence-corrected chi connectivity index (χ4v) is 9.80. The van der Waals surface area contributed by atoms with Crippen molar-refractivity contribution in [3.05, 3.63) is 190 Å². The Balaban J connectivity index is 0.000000181. The second-order valence-electron chi connectivity index (χ2n) is 14.9. The zero-order chi connectivity index (χ0) is 41.8. The number of fused-ring (bicyclic) bond motifs is 2. The highest BCUT2D eigenvalue weighted by Crippen LogP contribution is 2.26. The molecular weight excluding hydrogens is 789 g/mol. The van der Waals surface area contributed by atoms with Crippen molar-refractivity contribution in [2.24, 2.45) is 0 Å². The molecule has 0 fully saturated rings. The van der Waals surface area contributed by atoms with Gasteiger partial charge in [-0.25, -0.2) is 0 Å². The van der Waals surface area contributed by atoms with Gasteiger partial charge in [0.1, 0.15) is 0 Å². The van der Waals surface area contributed by atoms with Crippen LogP contribution in [-0.4, -0.2) is 51.3 Å². The van der Waals surface area contributed by atoms with Crippen molar-refractivity contribution in [3.8, 4) is 0 Å². The Hall–Kier alpha value is -5.98. The molecule has 4 aromatic carbocycles. The van der Waals surface area contributed by atoms with Crippen molar-refractivity contribution in [3.63, 3.8) is 0 Å². The van der Waals surface area contributed by atoms with Gasteiger partial charge in [-0.1, -0.05) is 121 Å². The van der Waals surface area contributed by atoms with E-state index in [2.05, 4.69) is 34.9 Å². The topological polar surface area (TPSA) is 128 Å². The summed E-state index contributed by atoms with van der Waals surface area (Å²) < 4.78 is 28.3. The normalized spacial score (nSPS) is 16.9. The number of nitrogens with one attached hydrogen (secondary N) is 2. The van der Waals surface area contributed by atoms with Gasteiger partial charge >= 0.3 is 0 Å². The van der Waals surface area contributed by atoms with E-state index in [9.17, 15) is 18.0 Å². The standard InChI is InChI=1S/2C24H25N3O2S/c2*1-18(20-10-6-3-7-11-20)25-24(28)13-12-22-21-17-30(29)15-14-23(21)27(26-22)16-19-8-4-2-5-9-19/h2*2-13,18H,14-17H2,1H3,(H,25,28)/b2*13-12+/t2*18-,30?/m10/s1.